The van der Waals surface area contributed by atoms with Crippen molar-refractivity contribution in [1.82, 2.24) is 14.9 Å². The molecule has 1 amide bonds. The number of benzene rings is 2. The van der Waals surface area contributed by atoms with Crippen LogP contribution < -0.4 is 4.90 Å². The second-order valence-electron chi connectivity index (χ2n) is 7.57. The number of carbonyl (C=O) groups is 1. The third kappa shape index (κ3) is 3.20. The van der Waals surface area contributed by atoms with Crippen LogP contribution in [0.1, 0.15) is 17.5 Å². The fourth-order valence-corrected chi connectivity index (χ4v) is 4.40. The third-order valence-corrected chi connectivity index (χ3v) is 6.03. The highest BCUT2D eigenvalue weighted by Crippen LogP contribution is 2.27. The monoisotopic (exact) mass is 392 g/mol. The standard InChI is InChI=1S/C22H21ClN4O/c23-18-5-6-19-20(11-18)24-12-21(25-19)26-9-8-17(14-26)22(28)27-10-7-15-3-1-2-4-16(15)13-27/h1-6,11-12,17H,7-10,13-14H2. The molecule has 3 heterocycles. The highest BCUT2D eigenvalue weighted by atomic mass is 35.5. The lowest BCUT2D eigenvalue weighted by Crippen LogP contribution is -2.40. The summed E-state index contributed by atoms with van der Waals surface area (Å²) in [4.78, 5) is 26.5. The molecule has 5 nitrogen and oxygen atoms in total. The van der Waals surface area contributed by atoms with Gasteiger partial charge < -0.3 is 9.80 Å². The summed E-state index contributed by atoms with van der Waals surface area (Å²) in [5.41, 5.74) is 4.25. The maximum atomic E-state index is 13.1. The number of fused-ring (bicyclic) bond motifs is 2. The number of rotatable bonds is 2. The van der Waals surface area contributed by atoms with Crippen molar-refractivity contribution in [3.05, 3.63) is 64.8 Å². The molecule has 2 aromatic carbocycles. The molecule has 2 aliphatic heterocycles. The van der Waals surface area contributed by atoms with Crippen LogP contribution in [0.4, 0.5) is 5.82 Å². The highest BCUT2D eigenvalue weighted by Gasteiger charge is 2.33. The predicted octanol–water partition coefficient (Wildman–Crippen LogP) is 3.69. The van der Waals surface area contributed by atoms with E-state index < -0.39 is 0 Å². The number of hydrogen-bond donors (Lipinski definition) is 0. The number of amides is 1. The lowest BCUT2D eigenvalue weighted by Gasteiger charge is -2.31. The Labute approximate surface area is 169 Å². The van der Waals surface area contributed by atoms with Crippen molar-refractivity contribution in [2.24, 2.45) is 5.92 Å². The van der Waals surface area contributed by atoms with Gasteiger partial charge in [-0.05, 0) is 42.2 Å². The van der Waals surface area contributed by atoms with Crippen LogP contribution in [0.2, 0.25) is 5.02 Å². The Bertz CT molecular complexity index is 1050. The summed E-state index contributed by atoms with van der Waals surface area (Å²) < 4.78 is 0. The number of anilines is 1. The minimum atomic E-state index is 0.0213. The Kier molecular flexibility index (Phi) is 4.40. The molecule has 6 heteroatoms. The second kappa shape index (κ2) is 7.06. The molecule has 1 saturated heterocycles. The van der Waals surface area contributed by atoms with Crippen LogP contribution in [0.3, 0.4) is 0 Å². The highest BCUT2D eigenvalue weighted by molar-refractivity contribution is 6.31. The van der Waals surface area contributed by atoms with E-state index >= 15 is 0 Å². The van der Waals surface area contributed by atoms with Crippen LogP contribution in [0.15, 0.2) is 48.7 Å². The Hall–Kier alpha value is -2.66. The Morgan fingerprint density at radius 2 is 1.93 bits per heavy atom. The minimum Gasteiger partial charge on any atom is -0.354 e. The molecule has 1 unspecified atom stereocenters. The topological polar surface area (TPSA) is 49.3 Å². The van der Waals surface area contributed by atoms with Crippen LogP contribution >= 0.6 is 11.6 Å². The quantitative estimate of drug-likeness (QED) is 0.667. The van der Waals surface area contributed by atoms with Crippen molar-refractivity contribution in [3.8, 4) is 0 Å². The fraction of sp³-hybridized carbons (Fsp3) is 0.318. The molecule has 142 valence electrons. The fourth-order valence-electron chi connectivity index (χ4n) is 4.24. The van der Waals surface area contributed by atoms with E-state index in [2.05, 4.69) is 34.1 Å². The molecule has 0 saturated carbocycles. The summed E-state index contributed by atoms with van der Waals surface area (Å²) in [5, 5.41) is 0.657. The number of aromatic nitrogens is 2. The summed E-state index contributed by atoms with van der Waals surface area (Å²) in [6.45, 7) is 3.06. The van der Waals surface area contributed by atoms with Crippen LogP contribution in [0, 0.1) is 5.92 Å². The van der Waals surface area contributed by atoms with E-state index in [-0.39, 0.29) is 11.8 Å². The van der Waals surface area contributed by atoms with E-state index in [9.17, 15) is 4.79 Å². The summed E-state index contributed by atoms with van der Waals surface area (Å²) >= 11 is 6.02. The zero-order valence-electron chi connectivity index (χ0n) is 15.5. The van der Waals surface area contributed by atoms with E-state index in [1.54, 1.807) is 6.20 Å². The molecule has 0 spiro atoms. The van der Waals surface area contributed by atoms with E-state index in [0.29, 0.717) is 11.6 Å². The van der Waals surface area contributed by atoms with Gasteiger partial charge in [-0.2, -0.15) is 0 Å². The van der Waals surface area contributed by atoms with Gasteiger partial charge in [-0.1, -0.05) is 35.9 Å². The average Bonchev–Trinajstić information content (AvgIpc) is 3.22. The first kappa shape index (κ1) is 17.4. The van der Waals surface area contributed by atoms with E-state index in [1.165, 1.54) is 11.1 Å². The summed E-state index contributed by atoms with van der Waals surface area (Å²) in [6, 6.07) is 14.0. The SMILES string of the molecule is O=C(C1CCN(c2cnc3cc(Cl)ccc3n2)C1)N1CCc2ccccc2C1. The Balaban J connectivity index is 1.29. The zero-order chi connectivity index (χ0) is 19.1. The minimum absolute atomic E-state index is 0.0213. The van der Waals surface area contributed by atoms with Crippen molar-refractivity contribution in [1.29, 1.82) is 0 Å². The van der Waals surface area contributed by atoms with Crippen LogP contribution in [-0.2, 0) is 17.8 Å². The first-order chi connectivity index (χ1) is 13.7. The number of halogens is 1. The number of carbonyl (C=O) groups excluding carboxylic acids is 1. The lowest BCUT2D eigenvalue weighted by atomic mass is 9.98. The zero-order valence-corrected chi connectivity index (χ0v) is 16.3. The van der Waals surface area contributed by atoms with Crippen LogP contribution in [0.25, 0.3) is 11.0 Å². The average molecular weight is 393 g/mol. The van der Waals surface area contributed by atoms with E-state index in [0.717, 1.165) is 49.3 Å². The summed E-state index contributed by atoms with van der Waals surface area (Å²) in [7, 11) is 0. The molecule has 5 rings (SSSR count). The van der Waals surface area contributed by atoms with Gasteiger partial charge >= 0.3 is 0 Å². The van der Waals surface area contributed by atoms with Gasteiger partial charge in [-0.3, -0.25) is 9.78 Å². The molecular weight excluding hydrogens is 372 g/mol. The molecule has 3 aromatic rings. The maximum Gasteiger partial charge on any atom is 0.227 e. The van der Waals surface area contributed by atoms with Gasteiger partial charge in [0.2, 0.25) is 5.91 Å². The van der Waals surface area contributed by atoms with Crippen molar-refractivity contribution in [3.63, 3.8) is 0 Å². The van der Waals surface area contributed by atoms with Gasteiger partial charge in [-0.25, -0.2) is 4.98 Å². The smallest absolute Gasteiger partial charge is 0.227 e. The number of nitrogens with zero attached hydrogens (tertiary/aromatic N) is 4. The Morgan fingerprint density at radius 1 is 1.07 bits per heavy atom. The van der Waals surface area contributed by atoms with Gasteiger partial charge in [-0.15, -0.1) is 0 Å². The van der Waals surface area contributed by atoms with E-state index in [1.807, 2.05) is 23.1 Å². The predicted molar refractivity (Wildman–Crippen MR) is 110 cm³/mol. The molecule has 0 radical (unpaired) electrons. The van der Waals surface area contributed by atoms with Gasteiger partial charge in [0.25, 0.3) is 0 Å². The van der Waals surface area contributed by atoms with Crippen molar-refractivity contribution in [2.75, 3.05) is 24.5 Å². The number of hydrogen-bond acceptors (Lipinski definition) is 4. The lowest BCUT2D eigenvalue weighted by molar-refractivity contribution is -0.135. The molecule has 0 aliphatic carbocycles. The molecular formula is C22H21ClN4O. The first-order valence-electron chi connectivity index (χ1n) is 9.70. The molecule has 1 atom stereocenters. The molecule has 1 fully saturated rings. The largest absolute Gasteiger partial charge is 0.354 e. The molecule has 2 aliphatic rings. The second-order valence-corrected chi connectivity index (χ2v) is 8.01. The van der Waals surface area contributed by atoms with Crippen molar-refractivity contribution >= 4 is 34.4 Å². The van der Waals surface area contributed by atoms with Gasteiger partial charge in [0, 0.05) is 31.2 Å². The molecule has 1 aromatic heterocycles. The van der Waals surface area contributed by atoms with Gasteiger partial charge in [0.15, 0.2) is 0 Å². The summed E-state index contributed by atoms with van der Waals surface area (Å²) in [6.07, 6.45) is 3.58. The van der Waals surface area contributed by atoms with Crippen molar-refractivity contribution < 1.29 is 4.79 Å². The van der Waals surface area contributed by atoms with Crippen LogP contribution in [-0.4, -0.2) is 40.4 Å². The Morgan fingerprint density at radius 3 is 2.82 bits per heavy atom. The van der Waals surface area contributed by atoms with Gasteiger partial charge in [0.05, 0.1) is 23.1 Å². The normalized spacial score (nSPS) is 19.1. The summed E-state index contributed by atoms with van der Waals surface area (Å²) in [5.74, 6) is 1.11. The first-order valence-corrected chi connectivity index (χ1v) is 10.1. The third-order valence-electron chi connectivity index (χ3n) is 5.80. The van der Waals surface area contributed by atoms with E-state index in [4.69, 9.17) is 16.6 Å². The maximum absolute atomic E-state index is 13.1. The van der Waals surface area contributed by atoms with Crippen molar-refractivity contribution in [2.45, 2.75) is 19.4 Å². The molecule has 28 heavy (non-hydrogen) atoms. The molecule has 0 bridgehead atoms. The van der Waals surface area contributed by atoms with Crippen LogP contribution in [0.5, 0.6) is 0 Å². The molecule has 0 N–H and O–H groups in total. The van der Waals surface area contributed by atoms with Gasteiger partial charge in [0.1, 0.15) is 5.82 Å².